The van der Waals surface area contributed by atoms with Gasteiger partial charge in [0.1, 0.15) is 12.1 Å². The van der Waals surface area contributed by atoms with Crippen molar-refractivity contribution in [1.29, 1.82) is 0 Å². The molecule has 1 aromatic heterocycles. The summed E-state index contributed by atoms with van der Waals surface area (Å²) in [6, 6.07) is 12.5. The third-order valence-corrected chi connectivity index (χ3v) is 4.86. The highest BCUT2D eigenvalue weighted by molar-refractivity contribution is 7.99. The Hall–Kier alpha value is -2.84. The number of nitrogens with zero attached hydrogens (tertiary/aromatic N) is 3. The van der Waals surface area contributed by atoms with Crippen LogP contribution in [0.5, 0.6) is 5.75 Å². The number of rotatable bonds is 6. The number of nitrogens with one attached hydrogen (secondary N) is 1. The largest absolute Gasteiger partial charge is 0.495 e. The van der Waals surface area contributed by atoms with Crippen molar-refractivity contribution in [2.24, 2.45) is 0 Å². The van der Waals surface area contributed by atoms with E-state index in [1.54, 1.807) is 30.3 Å². The number of ether oxygens (including phenoxy) is 1. The van der Waals surface area contributed by atoms with E-state index in [1.807, 2.05) is 19.1 Å². The first-order chi connectivity index (χ1) is 13.0. The minimum Gasteiger partial charge on any atom is -0.495 e. The molecule has 0 radical (unpaired) electrons. The molecule has 0 saturated heterocycles. The smallest absolute Gasteiger partial charge is 0.343 e. The first-order valence-electron chi connectivity index (χ1n) is 7.82. The molecule has 1 heterocycles. The van der Waals surface area contributed by atoms with E-state index < -0.39 is 4.92 Å². The highest BCUT2D eigenvalue weighted by Gasteiger charge is 2.24. The quantitative estimate of drug-likeness (QED) is 0.342. The van der Waals surface area contributed by atoms with Crippen molar-refractivity contribution >= 4 is 40.6 Å². The molecule has 0 unspecified atom stereocenters. The van der Waals surface area contributed by atoms with Crippen LogP contribution in [-0.2, 0) is 0 Å². The summed E-state index contributed by atoms with van der Waals surface area (Å²) < 4.78 is 5.32. The Bertz CT molecular complexity index is 983. The average Bonchev–Trinajstić information content (AvgIpc) is 2.64. The summed E-state index contributed by atoms with van der Waals surface area (Å²) in [5.74, 6) is 0.649. The molecular weight excluding hydrogens is 388 g/mol. The van der Waals surface area contributed by atoms with Crippen LogP contribution < -0.4 is 10.1 Å². The number of anilines is 2. The van der Waals surface area contributed by atoms with Crippen LogP contribution in [0.15, 0.2) is 58.7 Å². The van der Waals surface area contributed by atoms with E-state index in [-0.39, 0.29) is 16.5 Å². The van der Waals surface area contributed by atoms with E-state index in [0.29, 0.717) is 16.5 Å². The van der Waals surface area contributed by atoms with Crippen LogP contribution >= 0.6 is 23.4 Å². The van der Waals surface area contributed by atoms with Crippen molar-refractivity contribution in [3.05, 3.63) is 69.5 Å². The summed E-state index contributed by atoms with van der Waals surface area (Å²) in [5.41, 5.74) is 1.36. The topological polar surface area (TPSA) is 90.2 Å². The summed E-state index contributed by atoms with van der Waals surface area (Å²) >= 11 is 7.05. The van der Waals surface area contributed by atoms with Gasteiger partial charge in [0.25, 0.3) is 0 Å². The number of aryl methyl sites for hydroxylation is 1. The van der Waals surface area contributed by atoms with Gasteiger partial charge in [-0.15, -0.1) is 0 Å². The van der Waals surface area contributed by atoms with Gasteiger partial charge in [0.05, 0.1) is 17.7 Å². The van der Waals surface area contributed by atoms with E-state index in [0.717, 1.165) is 10.5 Å². The summed E-state index contributed by atoms with van der Waals surface area (Å²) in [5, 5.41) is 15.5. The Balaban J connectivity index is 2.00. The van der Waals surface area contributed by atoms with E-state index in [9.17, 15) is 10.1 Å². The van der Waals surface area contributed by atoms with Crippen LogP contribution in [0.2, 0.25) is 5.02 Å². The maximum atomic E-state index is 11.7. The van der Waals surface area contributed by atoms with Crippen LogP contribution in [-0.4, -0.2) is 22.0 Å². The third-order valence-electron chi connectivity index (χ3n) is 3.61. The van der Waals surface area contributed by atoms with Crippen molar-refractivity contribution in [3.8, 4) is 5.75 Å². The van der Waals surface area contributed by atoms with E-state index in [1.165, 1.54) is 25.2 Å². The summed E-state index contributed by atoms with van der Waals surface area (Å²) in [6.07, 6.45) is 1.29. The van der Waals surface area contributed by atoms with Crippen LogP contribution in [0.3, 0.4) is 0 Å². The highest BCUT2D eigenvalue weighted by Crippen LogP contribution is 2.39. The van der Waals surface area contributed by atoms with Crippen LogP contribution in [0.1, 0.15) is 5.56 Å². The molecule has 1 N–H and O–H groups in total. The van der Waals surface area contributed by atoms with Crippen molar-refractivity contribution in [1.82, 2.24) is 9.97 Å². The summed E-state index contributed by atoms with van der Waals surface area (Å²) in [4.78, 5) is 20.1. The molecule has 9 heteroatoms. The normalized spacial score (nSPS) is 10.5. The Kier molecular flexibility index (Phi) is 5.78. The van der Waals surface area contributed by atoms with Crippen LogP contribution in [0.4, 0.5) is 17.2 Å². The Labute approximate surface area is 164 Å². The number of hydrogen-bond acceptors (Lipinski definition) is 7. The number of hydrogen-bond donors (Lipinski definition) is 1. The second-order valence-corrected chi connectivity index (χ2v) is 7.02. The molecule has 0 atom stereocenters. The molecule has 27 heavy (non-hydrogen) atoms. The fourth-order valence-corrected chi connectivity index (χ4v) is 3.34. The molecule has 0 fully saturated rings. The van der Waals surface area contributed by atoms with Gasteiger partial charge < -0.3 is 10.1 Å². The van der Waals surface area contributed by atoms with Gasteiger partial charge in [-0.05, 0) is 48.9 Å². The lowest BCUT2D eigenvalue weighted by Crippen LogP contribution is -2.04. The Morgan fingerprint density at radius 3 is 2.59 bits per heavy atom. The molecule has 2 aromatic carbocycles. The molecular formula is C18H15ClN4O3S. The fourth-order valence-electron chi connectivity index (χ4n) is 2.35. The zero-order valence-corrected chi connectivity index (χ0v) is 16.0. The molecule has 0 aliphatic rings. The second kappa shape index (κ2) is 8.24. The lowest BCUT2D eigenvalue weighted by molar-refractivity contribution is -0.387. The van der Waals surface area contributed by atoms with Crippen LogP contribution in [0.25, 0.3) is 0 Å². The zero-order chi connectivity index (χ0) is 19.4. The minimum atomic E-state index is -0.497. The van der Waals surface area contributed by atoms with Crippen molar-refractivity contribution < 1.29 is 9.66 Å². The standard InChI is InChI=1S/C18H15ClN4O3S/c1-11-3-8-15(26-2)14(9-11)22-17-16(23(24)25)18(21-10-20-17)27-13-6-4-12(19)5-7-13/h3-10H,1-2H3,(H,20,21,22). The molecule has 138 valence electrons. The predicted molar refractivity (Wildman–Crippen MR) is 105 cm³/mol. The molecule has 0 aliphatic carbocycles. The molecule has 0 aliphatic heterocycles. The first-order valence-corrected chi connectivity index (χ1v) is 9.02. The number of methoxy groups -OCH3 is 1. The molecule has 3 aromatic rings. The maximum Gasteiger partial charge on any atom is 0.343 e. The van der Waals surface area contributed by atoms with Gasteiger partial charge in [-0.25, -0.2) is 9.97 Å². The first kappa shape index (κ1) is 18.9. The molecule has 0 saturated carbocycles. The lowest BCUT2D eigenvalue weighted by Gasteiger charge is -2.12. The number of halogens is 1. The monoisotopic (exact) mass is 402 g/mol. The highest BCUT2D eigenvalue weighted by atomic mass is 35.5. The number of nitro groups is 1. The zero-order valence-electron chi connectivity index (χ0n) is 14.5. The van der Waals surface area contributed by atoms with E-state index >= 15 is 0 Å². The molecule has 0 amide bonds. The van der Waals surface area contributed by atoms with Gasteiger partial charge in [-0.2, -0.15) is 0 Å². The van der Waals surface area contributed by atoms with Gasteiger partial charge in [0.2, 0.25) is 5.82 Å². The van der Waals surface area contributed by atoms with Gasteiger partial charge in [-0.3, -0.25) is 10.1 Å². The predicted octanol–water partition coefficient (Wildman–Crippen LogP) is 5.25. The summed E-state index contributed by atoms with van der Waals surface area (Å²) in [6.45, 7) is 1.92. The lowest BCUT2D eigenvalue weighted by atomic mass is 10.2. The number of benzene rings is 2. The Morgan fingerprint density at radius 1 is 1.19 bits per heavy atom. The van der Waals surface area contributed by atoms with Crippen molar-refractivity contribution in [2.45, 2.75) is 16.8 Å². The van der Waals surface area contributed by atoms with Gasteiger partial charge >= 0.3 is 5.69 Å². The van der Waals surface area contributed by atoms with Crippen molar-refractivity contribution in [3.63, 3.8) is 0 Å². The molecule has 7 nitrogen and oxygen atoms in total. The summed E-state index contributed by atoms with van der Waals surface area (Å²) in [7, 11) is 1.53. The van der Waals surface area contributed by atoms with E-state index in [4.69, 9.17) is 16.3 Å². The van der Waals surface area contributed by atoms with Gasteiger partial charge in [-0.1, -0.05) is 29.4 Å². The van der Waals surface area contributed by atoms with Crippen LogP contribution in [0, 0.1) is 17.0 Å². The maximum absolute atomic E-state index is 11.7. The second-order valence-electron chi connectivity index (χ2n) is 5.52. The SMILES string of the molecule is COc1ccc(C)cc1Nc1ncnc(Sc2ccc(Cl)cc2)c1[N+](=O)[O-]. The minimum absolute atomic E-state index is 0.0929. The van der Waals surface area contributed by atoms with Gasteiger partial charge in [0.15, 0.2) is 5.03 Å². The average molecular weight is 403 g/mol. The van der Waals surface area contributed by atoms with Gasteiger partial charge in [0, 0.05) is 9.92 Å². The Morgan fingerprint density at radius 2 is 1.93 bits per heavy atom. The van der Waals surface area contributed by atoms with Crippen molar-refractivity contribution in [2.75, 3.05) is 12.4 Å². The molecule has 0 bridgehead atoms. The van der Waals surface area contributed by atoms with E-state index in [2.05, 4.69) is 15.3 Å². The fraction of sp³-hybridized carbons (Fsp3) is 0.111. The molecule has 0 spiro atoms. The number of aromatic nitrogens is 2. The molecule has 3 rings (SSSR count). The third kappa shape index (κ3) is 4.47.